The molecule has 0 bridgehead atoms. The maximum Gasteiger partial charge on any atom is 0.167 e. The highest BCUT2D eigenvalue weighted by molar-refractivity contribution is 7.99. The summed E-state index contributed by atoms with van der Waals surface area (Å²) < 4.78 is 2.09. The average molecular weight is 491 g/mol. The van der Waals surface area contributed by atoms with Crippen molar-refractivity contribution in [3.63, 3.8) is 0 Å². The van der Waals surface area contributed by atoms with Crippen LogP contribution in [0.1, 0.15) is 44.9 Å². The van der Waals surface area contributed by atoms with Crippen molar-refractivity contribution in [2.75, 3.05) is 11.5 Å². The molecule has 0 saturated heterocycles. The molecular formula is C28H34N4S2. The second-order valence-electron chi connectivity index (χ2n) is 8.49. The Balaban J connectivity index is 1.15. The minimum Gasteiger partial charge on any atom is -0.332 e. The van der Waals surface area contributed by atoms with Gasteiger partial charge in [0.15, 0.2) is 10.3 Å². The van der Waals surface area contributed by atoms with Crippen molar-refractivity contribution in [1.82, 2.24) is 19.5 Å². The van der Waals surface area contributed by atoms with Crippen LogP contribution in [0, 0.1) is 0 Å². The minimum absolute atomic E-state index is 1.02. The van der Waals surface area contributed by atoms with Crippen molar-refractivity contribution < 1.29 is 0 Å². The van der Waals surface area contributed by atoms with E-state index in [0.29, 0.717) is 0 Å². The van der Waals surface area contributed by atoms with Crippen LogP contribution in [-0.2, 0) is 7.05 Å². The molecule has 0 aliphatic carbocycles. The first kappa shape index (κ1) is 24.7. The Morgan fingerprint density at radius 1 is 0.735 bits per heavy atom. The number of imidazole rings is 2. The normalized spacial score (nSPS) is 11.2. The second kappa shape index (κ2) is 13.4. The molecule has 34 heavy (non-hydrogen) atoms. The predicted octanol–water partition coefficient (Wildman–Crippen LogP) is 8.09. The summed E-state index contributed by atoms with van der Waals surface area (Å²) >= 11 is 3.71. The highest BCUT2D eigenvalue weighted by Crippen LogP contribution is 2.32. The Labute approximate surface area is 212 Å². The molecule has 4 nitrogen and oxygen atoms in total. The van der Waals surface area contributed by atoms with Gasteiger partial charge >= 0.3 is 0 Å². The summed E-state index contributed by atoms with van der Waals surface area (Å²) in [6.07, 6.45) is 13.0. The zero-order chi connectivity index (χ0) is 23.4. The number of aryl methyl sites for hydroxylation is 1. The second-order valence-corrected chi connectivity index (χ2v) is 10.6. The van der Waals surface area contributed by atoms with Crippen LogP contribution >= 0.6 is 23.5 Å². The van der Waals surface area contributed by atoms with Crippen LogP contribution in [-0.4, -0.2) is 31.0 Å². The molecule has 1 N–H and O–H groups in total. The zero-order valence-corrected chi connectivity index (χ0v) is 21.6. The Morgan fingerprint density at radius 3 is 1.94 bits per heavy atom. The molecular weight excluding hydrogens is 456 g/mol. The van der Waals surface area contributed by atoms with Gasteiger partial charge in [0.25, 0.3) is 0 Å². The molecule has 4 rings (SSSR count). The fraction of sp³-hybridized carbons (Fsp3) is 0.357. The lowest BCUT2D eigenvalue weighted by Gasteiger charge is -2.03. The predicted molar refractivity (Wildman–Crippen MR) is 146 cm³/mol. The number of hydrogen-bond donors (Lipinski definition) is 1. The van der Waals surface area contributed by atoms with Crippen molar-refractivity contribution in [3.8, 4) is 22.5 Å². The number of thioether (sulfide) groups is 2. The van der Waals surface area contributed by atoms with Crippen LogP contribution < -0.4 is 0 Å². The van der Waals surface area contributed by atoms with E-state index in [9.17, 15) is 0 Å². The summed E-state index contributed by atoms with van der Waals surface area (Å²) in [7, 11) is 2.06. The third kappa shape index (κ3) is 7.28. The maximum absolute atomic E-state index is 4.96. The molecule has 0 aliphatic heterocycles. The lowest BCUT2D eigenvalue weighted by molar-refractivity contribution is 0.605. The van der Waals surface area contributed by atoms with Crippen molar-refractivity contribution in [3.05, 3.63) is 73.1 Å². The van der Waals surface area contributed by atoms with Crippen molar-refractivity contribution in [1.29, 1.82) is 0 Å². The van der Waals surface area contributed by atoms with E-state index in [-0.39, 0.29) is 0 Å². The molecule has 2 aromatic heterocycles. The van der Waals surface area contributed by atoms with Gasteiger partial charge < -0.3 is 9.55 Å². The van der Waals surface area contributed by atoms with Gasteiger partial charge in [0.1, 0.15) is 0 Å². The molecule has 2 heterocycles. The van der Waals surface area contributed by atoms with E-state index in [0.717, 1.165) is 33.0 Å². The highest BCUT2D eigenvalue weighted by Gasteiger charge is 2.14. The van der Waals surface area contributed by atoms with E-state index < -0.39 is 0 Å². The lowest BCUT2D eigenvalue weighted by Crippen LogP contribution is -1.90. The molecule has 4 aromatic rings. The number of nitrogens with zero attached hydrogens (tertiary/aromatic N) is 3. The highest BCUT2D eigenvalue weighted by atomic mass is 32.2. The number of unbranched alkanes of at least 4 members (excludes halogenated alkanes) is 6. The Bertz CT molecular complexity index is 1050. The first-order valence-corrected chi connectivity index (χ1v) is 14.2. The molecule has 0 spiro atoms. The van der Waals surface area contributed by atoms with Gasteiger partial charge in [-0.1, -0.05) is 116 Å². The van der Waals surface area contributed by atoms with Gasteiger partial charge in [-0.2, -0.15) is 0 Å². The molecule has 0 saturated carbocycles. The zero-order valence-electron chi connectivity index (χ0n) is 20.0. The van der Waals surface area contributed by atoms with E-state index >= 15 is 0 Å². The van der Waals surface area contributed by atoms with Crippen LogP contribution in [0.15, 0.2) is 83.4 Å². The number of H-pyrrole nitrogens is 1. The molecule has 0 aliphatic rings. The lowest BCUT2D eigenvalue weighted by atomic mass is 10.1. The summed E-state index contributed by atoms with van der Waals surface area (Å²) in [5.41, 5.74) is 4.48. The Morgan fingerprint density at radius 2 is 1.32 bits per heavy atom. The number of rotatable bonds is 14. The largest absolute Gasteiger partial charge is 0.332 e. The summed E-state index contributed by atoms with van der Waals surface area (Å²) in [5, 5.41) is 2.14. The molecule has 0 fully saturated rings. The Kier molecular flexibility index (Phi) is 9.76. The topological polar surface area (TPSA) is 46.5 Å². The van der Waals surface area contributed by atoms with E-state index in [1.807, 2.05) is 35.9 Å². The third-order valence-corrected chi connectivity index (χ3v) is 7.93. The van der Waals surface area contributed by atoms with Crippen molar-refractivity contribution in [2.45, 2.75) is 55.3 Å². The maximum atomic E-state index is 4.96. The molecule has 0 amide bonds. The Hall–Kier alpha value is -2.44. The van der Waals surface area contributed by atoms with E-state index in [1.54, 1.807) is 0 Å². The molecule has 2 aromatic carbocycles. The quantitative estimate of drug-likeness (QED) is 0.143. The van der Waals surface area contributed by atoms with E-state index in [1.165, 1.54) is 56.3 Å². The number of benzene rings is 2. The average Bonchev–Trinajstić information content (AvgIpc) is 3.50. The number of nitrogens with one attached hydrogen (secondary N) is 1. The first-order valence-electron chi connectivity index (χ1n) is 12.2. The van der Waals surface area contributed by atoms with Crippen LogP contribution in [0.2, 0.25) is 0 Å². The van der Waals surface area contributed by atoms with Gasteiger partial charge in [-0.25, -0.2) is 9.97 Å². The number of hydrogen-bond acceptors (Lipinski definition) is 4. The van der Waals surface area contributed by atoms with Crippen LogP contribution in [0.4, 0.5) is 0 Å². The van der Waals surface area contributed by atoms with Gasteiger partial charge in [0.05, 0.1) is 11.4 Å². The first-order chi connectivity index (χ1) is 16.8. The van der Waals surface area contributed by atoms with Gasteiger partial charge in [-0.15, -0.1) is 0 Å². The summed E-state index contributed by atoms with van der Waals surface area (Å²) in [6, 6.07) is 21.0. The fourth-order valence-electron chi connectivity index (χ4n) is 3.95. The van der Waals surface area contributed by atoms with Gasteiger partial charge in [-0.3, -0.25) is 0 Å². The number of aromatic amines is 1. The molecule has 0 unspecified atom stereocenters. The van der Waals surface area contributed by atoms with E-state index in [2.05, 4.69) is 82.2 Å². The van der Waals surface area contributed by atoms with Crippen molar-refractivity contribution >= 4 is 23.5 Å². The van der Waals surface area contributed by atoms with E-state index in [4.69, 9.17) is 4.98 Å². The molecule has 6 heteroatoms. The molecule has 0 atom stereocenters. The summed E-state index contributed by atoms with van der Waals surface area (Å²) in [5.74, 6) is 2.27. The van der Waals surface area contributed by atoms with Crippen LogP contribution in [0.25, 0.3) is 22.5 Å². The molecule has 178 valence electrons. The van der Waals surface area contributed by atoms with Crippen LogP contribution in [0.5, 0.6) is 0 Å². The van der Waals surface area contributed by atoms with Gasteiger partial charge in [-0.05, 0) is 12.8 Å². The smallest absolute Gasteiger partial charge is 0.167 e. The summed E-state index contributed by atoms with van der Waals surface area (Å²) in [6.45, 7) is 0. The summed E-state index contributed by atoms with van der Waals surface area (Å²) in [4.78, 5) is 12.9. The van der Waals surface area contributed by atoms with Crippen LogP contribution in [0.3, 0.4) is 0 Å². The van der Waals surface area contributed by atoms with Crippen molar-refractivity contribution in [2.24, 2.45) is 7.05 Å². The number of aromatic nitrogens is 4. The molecule has 0 radical (unpaired) electrons. The minimum atomic E-state index is 1.02. The van der Waals surface area contributed by atoms with Gasteiger partial charge in [0.2, 0.25) is 0 Å². The SMILES string of the molecule is Cn1ccnc1SCCCCCCCCCSc1nc(-c2ccccc2)c(-c2ccccc2)[nH]1. The monoisotopic (exact) mass is 490 g/mol. The third-order valence-electron chi connectivity index (χ3n) is 5.83. The van der Waals surface area contributed by atoms with Gasteiger partial charge in [0, 0.05) is 42.1 Å². The standard InChI is InChI=1S/C28H34N4S2/c1-32-20-19-29-28(32)34-22-14-6-4-2-3-5-13-21-33-27-30-25(23-15-9-7-10-16-23)26(31-27)24-17-11-8-12-18-24/h7-12,15-20H,2-6,13-14,21-22H2,1H3,(H,30,31). The fourth-order valence-corrected chi connectivity index (χ4v) is 5.75.